The van der Waals surface area contributed by atoms with Crippen LogP contribution in [0.3, 0.4) is 0 Å². The molecule has 132 valence electrons. The Morgan fingerprint density at radius 1 is 1.28 bits per heavy atom. The number of rotatable bonds is 8. The molecular formula is C19H20F2N2OS. The first-order valence-electron chi connectivity index (χ1n) is 7.82. The zero-order valence-electron chi connectivity index (χ0n) is 13.9. The van der Waals surface area contributed by atoms with Crippen LogP contribution in [-0.4, -0.2) is 18.2 Å². The monoisotopic (exact) mass is 362 g/mol. The first kappa shape index (κ1) is 19.1. The van der Waals surface area contributed by atoms with E-state index in [9.17, 15) is 13.6 Å². The van der Waals surface area contributed by atoms with Crippen LogP contribution in [0.5, 0.6) is 0 Å². The fourth-order valence-corrected chi connectivity index (χ4v) is 2.99. The Morgan fingerprint density at radius 3 is 2.76 bits per heavy atom. The lowest BCUT2D eigenvalue weighted by Crippen LogP contribution is -2.30. The van der Waals surface area contributed by atoms with Gasteiger partial charge in [0.2, 0.25) is 5.91 Å². The first-order valence-corrected chi connectivity index (χ1v) is 8.80. The van der Waals surface area contributed by atoms with Crippen LogP contribution in [0.1, 0.15) is 18.5 Å². The van der Waals surface area contributed by atoms with Gasteiger partial charge >= 0.3 is 0 Å². The number of para-hydroxylation sites is 1. The number of thioether (sulfide) groups is 1. The quantitative estimate of drug-likeness (QED) is 0.535. The summed E-state index contributed by atoms with van der Waals surface area (Å²) in [4.78, 5) is 13.1. The van der Waals surface area contributed by atoms with Gasteiger partial charge < -0.3 is 10.6 Å². The van der Waals surface area contributed by atoms with Crippen molar-refractivity contribution in [2.45, 2.75) is 17.9 Å². The molecule has 0 aliphatic carbocycles. The third-order valence-corrected chi connectivity index (χ3v) is 4.59. The zero-order chi connectivity index (χ0) is 18.2. The van der Waals surface area contributed by atoms with Crippen LogP contribution < -0.4 is 10.6 Å². The van der Waals surface area contributed by atoms with E-state index in [4.69, 9.17) is 0 Å². The number of benzene rings is 2. The summed E-state index contributed by atoms with van der Waals surface area (Å²) >= 11 is 1.58. The molecule has 3 nitrogen and oxygen atoms in total. The van der Waals surface area contributed by atoms with Crippen LogP contribution in [0.2, 0.25) is 0 Å². The number of hydrogen-bond acceptors (Lipinski definition) is 3. The average Bonchev–Trinajstić information content (AvgIpc) is 2.59. The minimum Gasteiger partial charge on any atom is -0.324 e. The molecule has 0 heterocycles. The molecule has 0 fully saturated rings. The standard InChI is InChI=1S/C19H20F2N2OS/c1-3-10-25-18-7-5-4-6-17(18)23-19(24)12-22-13(2)15-9-8-14(20)11-16(15)21/h3-9,11,13,22H,1,10,12H2,2H3,(H,23,24). The molecule has 0 saturated carbocycles. The van der Waals surface area contributed by atoms with E-state index < -0.39 is 17.7 Å². The van der Waals surface area contributed by atoms with Crippen LogP contribution >= 0.6 is 11.8 Å². The van der Waals surface area contributed by atoms with Gasteiger partial charge in [0.1, 0.15) is 11.6 Å². The van der Waals surface area contributed by atoms with Gasteiger partial charge in [0.15, 0.2) is 0 Å². The van der Waals surface area contributed by atoms with E-state index in [1.807, 2.05) is 24.3 Å². The third kappa shape index (κ3) is 5.69. The van der Waals surface area contributed by atoms with Crippen molar-refractivity contribution in [1.82, 2.24) is 5.32 Å². The maximum absolute atomic E-state index is 13.8. The molecular weight excluding hydrogens is 342 g/mol. The van der Waals surface area contributed by atoms with Crippen LogP contribution in [-0.2, 0) is 4.79 Å². The second-order valence-electron chi connectivity index (χ2n) is 5.41. The van der Waals surface area contributed by atoms with Gasteiger partial charge in [0.05, 0.1) is 12.2 Å². The van der Waals surface area contributed by atoms with E-state index in [0.29, 0.717) is 5.56 Å². The minimum absolute atomic E-state index is 0.0123. The molecule has 25 heavy (non-hydrogen) atoms. The molecule has 0 aromatic heterocycles. The molecule has 0 saturated heterocycles. The Balaban J connectivity index is 1.93. The number of carbonyl (C=O) groups is 1. The van der Waals surface area contributed by atoms with Crippen molar-refractivity contribution in [2.75, 3.05) is 17.6 Å². The lowest BCUT2D eigenvalue weighted by atomic mass is 10.1. The predicted molar refractivity (Wildman–Crippen MR) is 98.8 cm³/mol. The summed E-state index contributed by atoms with van der Waals surface area (Å²) in [6.45, 7) is 5.42. The number of anilines is 1. The van der Waals surface area contributed by atoms with E-state index in [0.717, 1.165) is 22.4 Å². The van der Waals surface area contributed by atoms with E-state index in [1.54, 1.807) is 24.8 Å². The Morgan fingerprint density at radius 2 is 2.04 bits per heavy atom. The molecule has 1 atom stereocenters. The fourth-order valence-electron chi connectivity index (χ4n) is 2.25. The smallest absolute Gasteiger partial charge is 0.238 e. The Bertz CT molecular complexity index is 752. The van der Waals surface area contributed by atoms with E-state index >= 15 is 0 Å². The summed E-state index contributed by atoms with van der Waals surface area (Å²) in [6.07, 6.45) is 1.80. The van der Waals surface area contributed by atoms with Crippen molar-refractivity contribution in [2.24, 2.45) is 0 Å². The number of hydrogen-bond donors (Lipinski definition) is 2. The second-order valence-corrected chi connectivity index (χ2v) is 6.47. The normalized spacial score (nSPS) is 11.8. The zero-order valence-corrected chi connectivity index (χ0v) is 14.7. The summed E-state index contributed by atoms with van der Waals surface area (Å²) < 4.78 is 26.7. The van der Waals surface area contributed by atoms with Gasteiger partial charge in [-0.3, -0.25) is 4.79 Å². The van der Waals surface area contributed by atoms with E-state index in [2.05, 4.69) is 17.2 Å². The van der Waals surface area contributed by atoms with Gasteiger partial charge in [-0.25, -0.2) is 8.78 Å². The van der Waals surface area contributed by atoms with Gasteiger partial charge in [-0.15, -0.1) is 18.3 Å². The number of halogens is 2. The lowest BCUT2D eigenvalue weighted by molar-refractivity contribution is -0.115. The second kappa shape index (κ2) is 9.34. The summed E-state index contributed by atoms with van der Waals surface area (Å²) in [5.41, 5.74) is 1.04. The highest BCUT2D eigenvalue weighted by molar-refractivity contribution is 7.99. The largest absolute Gasteiger partial charge is 0.324 e. The molecule has 2 aromatic rings. The van der Waals surface area contributed by atoms with Crippen LogP contribution in [0.4, 0.5) is 14.5 Å². The summed E-state index contributed by atoms with van der Waals surface area (Å²) in [5, 5.41) is 5.78. The molecule has 0 radical (unpaired) electrons. The van der Waals surface area contributed by atoms with E-state index in [-0.39, 0.29) is 12.5 Å². The maximum atomic E-state index is 13.8. The molecule has 0 bridgehead atoms. The van der Waals surface area contributed by atoms with Crippen molar-refractivity contribution in [3.63, 3.8) is 0 Å². The minimum atomic E-state index is -0.633. The summed E-state index contributed by atoms with van der Waals surface area (Å²) in [6, 6.07) is 10.5. The third-order valence-electron chi connectivity index (χ3n) is 3.52. The molecule has 1 unspecified atom stereocenters. The molecule has 2 N–H and O–H groups in total. The molecule has 1 amide bonds. The first-order chi connectivity index (χ1) is 12.0. The molecule has 0 spiro atoms. The van der Waals surface area contributed by atoms with Crippen molar-refractivity contribution in [1.29, 1.82) is 0 Å². The topological polar surface area (TPSA) is 41.1 Å². The molecule has 0 aliphatic heterocycles. The van der Waals surface area contributed by atoms with Crippen molar-refractivity contribution in [3.8, 4) is 0 Å². The number of carbonyl (C=O) groups excluding carboxylic acids is 1. The number of amides is 1. The highest BCUT2D eigenvalue weighted by atomic mass is 32.2. The Hall–Kier alpha value is -2.18. The molecule has 2 aromatic carbocycles. The SMILES string of the molecule is C=CCSc1ccccc1NC(=O)CNC(C)c1ccc(F)cc1F. The van der Waals surface area contributed by atoms with Gasteiger partial charge in [0, 0.05) is 28.3 Å². The maximum Gasteiger partial charge on any atom is 0.238 e. The van der Waals surface area contributed by atoms with Crippen molar-refractivity contribution in [3.05, 3.63) is 72.3 Å². The van der Waals surface area contributed by atoms with Crippen LogP contribution in [0, 0.1) is 11.6 Å². The Kier molecular flexibility index (Phi) is 7.16. The summed E-state index contributed by atoms with van der Waals surface area (Å²) in [5.74, 6) is -0.751. The average molecular weight is 362 g/mol. The van der Waals surface area contributed by atoms with Gasteiger partial charge in [-0.1, -0.05) is 24.3 Å². The van der Waals surface area contributed by atoms with E-state index in [1.165, 1.54) is 12.1 Å². The predicted octanol–water partition coefficient (Wildman–Crippen LogP) is 4.53. The highest BCUT2D eigenvalue weighted by Gasteiger charge is 2.13. The van der Waals surface area contributed by atoms with Crippen molar-refractivity contribution >= 4 is 23.4 Å². The molecule has 6 heteroatoms. The van der Waals surface area contributed by atoms with Crippen LogP contribution in [0.25, 0.3) is 0 Å². The molecule has 0 aliphatic rings. The summed E-state index contributed by atoms with van der Waals surface area (Å²) in [7, 11) is 0. The van der Waals surface area contributed by atoms with Gasteiger partial charge in [-0.05, 0) is 25.1 Å². The Labute approximate surface area is 150 Å². The van der Waals surface area contributed by atoms with Crippen LogP contribution in [0.15, 0.2) is 60.0 Å². The van der Waals surface area contributed by atoms with Crippen molar-refractivity contribution < 1.29 is 13.6 Å². The fraction of sp³-hybridized carbons (Fsp3) is 0.211. The lowest BCUT2D eigenvalue weighted by Gasteiger charge is -2.16. The number of nitrogens with one attached hydrogen (secondary N) is 2. The van der Waals surface area contributed by atoms with Gasteiger partial charge in [0.25, 0.3) is 0 Å². The molecule has 2 rings (SSSR count). The van der Waals surface area contributed by atoms with Gasteiger partial charge in [-0.2, -0.15) is 0 Å². The highest BCUT2D eigenvalue weighted by Crippen LogP contribution is 2.26.